The molecule has 0 aliphatic carbocycles. The highest BCUT2D eigenvalue weighted by Crippen LogP contribution is 2.26. The van der Waals surface area contributed by atoms with E-state index in [1.54, 1.807) is 0 Å². The summed E-state index contributed by atoms with van der Waals surface area (Å²) in [6.45, 7) is 5.76. The second-order valence-electron chi connectivity index (χ2n) is 7.81. The molecule has 3 rings (SSSR count). The molecule has 7 heteroatoms. The first-order valence-corrected chi connectivity index (χ1v) is 10.2. The van der Waals surface area contributed by atoms with Crippen molar-refractivity contribution in [2.24, 2.45) is 4.99 Å². The van der Waals surface area contributed by atoms with Crippen molar-refractivity contribution in [2.45, 2.75) is 37.8 Å². The van der Waals surface area contributed by atoms with E-state index in [4.69, 9.17) is 9.73 Å². The number of likely N-dealkylation sites (N-methyl/N-ethyl adjacent to an activating group) is 1. The Hall–Kier alpha value is -2.12. The highest BCUT2D eigenvalue weighted by atomic mass is 16.5. The number of aliphatic imine (C=N–C) groups is 1. The molecule has 1 atom stereocenters. The summed E-state index contributed by atoms with van der Waals surface area (Å²) < 4.78 is 5.55. The molecule has 0 bridgehead atoms. The largest absolute Gasteiger partial charge is 0.381 e. The van der Waals surface area contributed by atoms with Gasteiger partial charge in [-0.3, -0.25) is 9.79 Å². The minimum absolute atomic E-state index is 0.0299. The van der Waals surface area contributed by atoms with Crippen molar-refractivity contribution >= 4 is 17.6 Å². The molecule has 0 aromatic heterocycles. The molecule has 0 radical (unpaired) electrons. The number of carbonyl (C=O) groups excluding carboxylic acids is 1. The molecule has 1 aromatic rings. The first-order valence-electron chi connectivity index (χ1n) is 10.2. The van der Waals surface area contributed by atoms with Crippen molar-refractivity contribution in [1.29, 1.82) is 0 Å². The van der Waals surface area contributed by atoms with Gasteiger partial charge in [-0.25, -0.2) is 0 Å². The maximum Gasteiger partial charge on any atom is 0.229 e. The summed E-state index contributed by atoms with van der Waals surface area (Å²) in [7, 11) is 4.24. The highest BCUT2D eigenvalue weighted by molar-refractivity contribution is 5.97. The smallest absolute Gasteiger partial charge is 0.229 e. The predicted octanol–water partition coefficient (Wildman–Crippen LogP) is 1.46. The van der Waals surface area contributed by atoms with E-state index in [-0.39, 0.29) is 17.5 Å². The van der Waals surface area contributed by atoms with Crippen LogP contribution in [0.3, 0.4) is 0 Å². The maximum atomic E-state index is 12.5. The van der Waals surface area contributed by atoms with Gasteiger partial charge in [0.2, 0.25) is 5.91 Å². The lowest BCUT2D eigenvalue weighted by molar-refractivity contribution is -0.117. The van der Waals surface area contributed by atoms with Gasteiger partial charge >= 0.3 is 0 Å². The average Bonchev–Trinajstić information content (AvgIpc) is 3.07. The van der Waals surface area contributed by atoms with Crippen LogP contribution in [0.4, 0.5) is 5.69 Å². The molecule has 2 N–H and O–H groups in total. The van der Waals surface area contributed by atoms with Crippen molar-refractivity contribution in [3.63, 3.8) is 0 Å². The van der Waals surface area contributed by atoms with Gasteiger partial charge < -0.3 is 25.2 Å². The third-order valence-corrected chi connectivity index (χ3v) is 5.78. The number of hydrogen-bond donors (Lipinski definition) is 2. The summed E-state index contributed by atoms with van der Waals surface area (Å²) in [5, 5.41) is 6.80. The van der Waals surface area contributed by atoms with Gasteiger partial charge in [-0.1, -0.05) is 18.2 Å². The number of carbonyl (C=O) groups is 1. The lowest BCUT2D eigenvalue weighted by Gasteiger charge is -2.41. The number of hydrogen-bond acceptors (Lipinski definition) is 4. The number of benzene rings is 1. The van der Waals surface area contributed by atoms with Crippen LogP contribution in [0, 0.1) is 0 Å². The first-order chi connectivity index (χ1) is 13.5. The van der Waals surface area contributed by atoms with Crippen LogP contribution >= 0.6 is 0 Å². The fourth-order valence-electron chi connectivity index (χ4n) is 3.90. The Bertz CT molecular complexity index is 671. The van der Waals surface area contributed by atoms with Gasteiger partial charge in [0.05, 0.1) is 12.6 Å². The van der Waals surface area contributed by atoms with E-state index in [1.807, 2.05) is 35.2 Å². The molecular weight excluding hydrogens is 354 g/mol. The van der Waals surface area contributed by atoms with Gasteiger partial charge in [0, 0.05) is 44.0 Å². The number of amides is 1. The molecule has 2 aliphatic rings. The van der Waals surface area contributed by atoms with E-state index in [9.17, 15) is 4.79 Å². The van der Waals surface area contributed by atoms with Gasteiger partial charge in [-0.2, -0.15) is 0 Å². The number of guanidine groups is 1. The van der Waals surface area contributed by atoms with E-state index in [0.717, 1.165) is 44.2 Å². The Balaban J connectivity index is 1.66. The second-order valence-corrected chi connectivity index (χ2v) is 7.81. The van der Waals surface area contributed by atoms with E-state index in [2.05, 4.69) is 36.6 Å². The molecule has 0 spiro atoms. The summed E-state index contributed by atoms with van der Waals surface area (Å²) in [4.78, 5) is 21.5. The summed E-state index contributed by atoms with van der Waals surface area (Å²) in [6.07, 6.45) is 2.44. The molecule has 2 aliphatic heterocycles. The summed E-state index contributed by atoms with van der Waals surface area (Å²) in [5.74, 6) is 0.927. The van der Waals surface area contributed by atoms with Gasteiger partial charge in [0.15, 0.2) is 5.96 Å². The van der Waals surface area contributed by atoms with Crippen LogP contribution in [0.25, 0.3) is 0 Å². The van der Waals surface area contributed by atoms with Crippen LogP contribution in [0.15, 0.2) is 35.3 Å². The molecule has 1 aromatic carbocycles. The number of rotatable bonds is 6. The van der Waals surface area contributed by atoms with Crippen LogP contribution in [-0.4, -0.2) is 75.3 Å². The quantitative estimate of drug-likeness (QED) is 0.571. The molecule has 0 saturated carbocycles. The fraction of sp³-hybridized carbons (Fsp3) is 0.619. The molecule has 1 amide bonds. The van der Waals surface area contributed by atoms with Crippen molar-refractivity contribution < 1.29 is 9.53 Å². The molecule has 2 saturated heterocycles. The van der Waals surface area contributed by atoms with Gasteiger partial charge in [0.1, 0.15) is 0 Å². The number of ether oxygens (including phenoxy) is 1. The van der Waals surface area contributed by atoms with E-state index in [0.29, 0.717) is 19.5 Å². The van der Waals surface area contributed by atoms with E-state index in [1.165, 1.54) is 0 Å². The Morgan fingerprint density at radius 2 is 2.00 bits per heavy atom. The lowest BCUT2D eigenvalue weighted by atomic mass is 9.89. The predicted molar refractivity (Wildman–Crippen MR) is 113 cm³/mol. The van der Waals surface area contributed by atoms with E-state index >= 15 is 0 Å². The van der Waals surface area contributed by atoms with Crippen molar-refractivity contribution in [3.05, 3.63) is 30.3 Å². The zero-order valence-corrected chi connectivity index (χ0v) is 17.3. The molecular formula is C21H33N5O2. The number of nitrogens with zero attached hydrogens (tertiary/aromatic N) is 3. The fourth-order valence-corrected chi connectivity index (χ4v) is 3.90. The molecule has 2 fully saturated rings. The third-order valence-electron chi connectivity index (χ3n) is 5.78. The van der Waals surface area contributed by atoms with Crippen LogP contribution in [0.2, 0.25) is 0 Å². The SMILES string of the molecule is CCNC(=NCC1(N(C)C)CCOCC1)NC1CC(=O)N(c2ccccc2)C1. The van der Waals surface area contributed by atoms with Crippen LogP contribution in [0.5, 0.6) is 0 Å². The third kappa shape index (κ3) is 4.83. The molecule has 1 unspecified atom stereocenters. The molecule has 28 heavy (non-hydrogen) atoms. The lowest BCUT2D eigenvalue weighted by Crippen LogP contribution is -2.52. The Morgan fingerprint density at radius 3 is 2.64 bits per heavy atom. The average molecular weight is 388 g/mol. The zero-order valence-electron chi connectivity index (χ0n) is 17.3. The van der Waals surface area contributed by atoms with Crippen LogP contribution in [0.1, 0.15) is 26.2 Å². The second kappa shape index (κ2) is 9.39. The van der Waals surface area contributed by atoms with Gasteiger partial charge in [-0.15, -0.1) is 0 Å². The summed E-state index contributed by atoms with van der Waals surface area (Å²) >= 11 is 0. The van der Waals surface area contributed by atoms with Crippen molar-refractivity contribution in [1.82, 2.24) is 15.5 Å². The number of para-hydroxylation sites is 1. The number of nitrogens with one attached hydrogen (secondary N) is 2. The van der Waals surface area contributed by atoms with Crippen LogP contribution in [-0.2, 0) is 9.53 Å². The Kier molecular flexibility index (Phi) is 6.91. The summed E-state index contributed by atoms with van der Waals surface area (Å²) in [5.41, 5.74) is 0.981. The Labute approximate surface area is 168 Å². The standard InChI is InChI=1S/C21H33N5O2/c1-4-22-20(23-16-21(25(2)3)10-12-28-13-11-21)24-17-14-19(27)26(15-17)18-8-6-5-7-9-18/h5-9,17H,4,10-16H2,1-3H3,(H2,22,23,24). The highest BCUT2D eigenvalue weighted by Gasteiger charge is 2.35. The van der Waals surface area contributed by atoms with E-state index < -0.39 is 0 Å². The minimum atomic E-state index is 0.0299. The van der Waals surface area contributed by atoms with Gasteiger partial charge in [0.25, 0.3) is 0 Å². The molecule has 154 valence electrons. The maximum absolute atomic E-state index is 12.5. The first kappa shape index (κ1) is 20.6. The summed E-state index contributed by atoms with van der Waals surface area (Å²) in [6, 6.07) is 9.90. The monoisotopic (exact) mass is 387 g/mol. The normalized spacial score (nSPS) is 22.6. The van der Waals surface area contributed by atoms with Gasteiger partial charge in [-0.05, 0) is 46.0 Å². The molecule has 2 heterocycles. The molecule has 7 nitrogen and oxygen atoms in total. The minimum Gasteiger partial charge on any atom is -0.381 e. The van der Waals surface area contributed by atoms with Crippen molar-refractivity contribution in [3.8, 4) is 0 Å². The topological polar surface area (TPSA) is 69.2 Å². The van der Waals surface area contributed by atoms with Crippen LogP contribution < -0.4 is 15.5 Å². The van der Waals surface area contributed by atoms with Crippen molar-refractivity contribution in [2.75, 3.05) is 51.8 Å². The Morgan fingerprint density at radius 1 is 1.29 bits per heavy atom. The number of anilines is 1. The zero-order chi connectivity index (χ0) is 20.0.